The van der Waals surface area contributed by atoms with Crippen molar-refractivity contribution in [2.75, 3.05) is 11.1 Å². The van der Waals surface area contributed by atoms with Crippen LogP contribution in [0, 0.1) is 0 Å². The van der Waals surface area contributed by atoms with Gasteiger partial charge in [0.1, 0.15) is 0 Å². The summed E-state index contributed by atoms with van der Waals surface area (Å²) in [6, 6.07) is 4.75. The number of halogens is 1. The Kier molecular flexibility index (Phi) is 3.31. The summed E-state index contributed by atoms with van der Waals surface area (Å²) in [6.07, 6.45) is 0.743. The van der Waals surface area contributed by atoms with Crippen molar-refractivity contribution in [2.24, 2.45) is 0 Å². The van der Waals surface area contributed by atoms with Gasteiger partial charge in [-0.1, -0.05) is 15.9 Å². The van der Waals surface area contributed by atoms with E-state index >= 15 is 0 Å². The van der Waals surface area contributed by atoms with E-state index in [0.717, 1.165) is 17.3 Å². The number of carbonyl (C=O) groups is 1. The molecular formula is C9H10BrNO2. The fourth-order valence-electron chi connectivity index (χ4n) is 1.06. The van der Waals surface area contributed by atoms with Gasteiger partial charge in [0.25, 0.3) is 0 Å². The first kappa shape index (κ1) is 10.1. The molecule has 0 spiro atoms. The van der Waals surface area contributed by atoms with Crippen LogP contribution in [0.5, 0.6) is 0 Å². The van der Waals surface area contributed by atoms with Crippen LogP contribution in [-0.4, -0.2) is 16.4 Å². The summed E-state index contributed by atoms with van der Waals surface area (Å²) < 4.78 is 0. The van der Waals surface area contributed by atoms with Crippen LogP contribution in [0.4, 0.5) is 5.69 Å². The number of aryl methyl sites for hydroxylation is 1. The van der Waals surface area contributed by atoms with Gasteiger partial charge in [-0.05, 0) is 30.2 Å². The quantitative estimate of drug-likeness (QED) is 0.630. The van der Waals surface area contributed by atoms with Crippen molar-refractivity contribution in [3.63, 3.8) is 0 Å². The number of hydrogen-bond acceptors (Lipinski definition) is 2. The van der Waals surface area contributed by atoms with Gasteiger partial charge in [-0.2, -0.15) is 0 Å². The molecule has 0 aliphatic heterocycles. The van der Waals surface area contributed by atoms with E-state index < -0.39 is 5.97 Å². The Morgan fingerprint density at radius 3 is 2.77 bits per heavy atom. The molecule has 1 aromatic rings. The summed E-state index contributed by atoms with van der Waals surface area (Å²) in [5, 5.41) is 9.49. The van der Waals surface area contributed by atoms with Crippen molar-refractivity contribution in [3.8, 4) is 0 Å². The Balaban J connectivity index is 3.03. The summed E-state index contributed by atoms with van der Waals surface area (Å²) in [7, 11) is 0. The minimum atomic E-state index is -0.921. The largest absolute Gasteiger partial charge is 0.478 e. The lowest BCUT2D eigenvalue weighted by Crippen LogP contribution is -2.01. The van der Waals surface area contributed by atoms with Crippen LogP contribution < -0.4 is 5.73 Å². The molecule has 0 aliphatic rings. The zero-order chi connectivity index (χ0) is 9.84. The molecule has 13 heavy (non-hydrogen) atoms. The molecule has 3 nitrogen and oxygen atoms in total. The van der Waals surface area contributed by atoms with E-state index in [9.17, 15) is 4.79 Å². The van der Waals surface area contributed by atoms with Gasteiger partial charge < -0.3 is 10.8 Å². The Hall–Kier alpha value is -1.03. The second kappa shape index (κ2) is 4.28. The molecule has 0 aliphatic carbocycles. The summed E-state index contributed by atoms with van der Waals surface area (Å²) >= 11 is 3.28. The predicted molar refractivity (Wildman–Crippen MR) is 55.3 cm³/mol. The number of carboxylic acids is 1. The third-order valence-corrected chi connectivity index (χ3v) is 2.15. The number of hydrogen-bond donors (Lipinski definition) is 2. The highest BCUT2D eigenvalue weighted by Crippen LogP contribution is 2.15. The van der Waals surface area contributed by atoms with Gasteiger partial charge in [0.15, 0.2) is 0 Å². The van der Waals surface area contributed by atoms with E-state index in [2.05, 4.69) is 15.9 Å². The predicted octanol–water partition coefficient (Wildman–Crippen LogP) is 1.90. The maximum Gasteiger partial charge on any atom is 0.335 e. The van der Waals surface area contributed by atoms with Crippen molar-refractivity contribution >= 4 is 27.6 Å². The van der Waals surface area contributed by atoms with Gasteiger partial charge in [-0.3, -0.25) is 0 Å². The minimum Gasteiger partial charge on any atom is -0.478 e. The van der Waals surface area contributed by atoms with Crippen LogP contribution in [0.15, 0.2) is 18.2 Å². The molecule has 4 heteroatoms. The monoisotopic (exact) mass is 243 g/mol. The molecule has 0 aromatic heterocycles. The van der Waals surface area contributed by atoms with E-state index in [1.54, 1.807) is 12.1 Å². The number of anilines is 1. The molecule has 0 heterocycles. The number of nitrogens with two attached hydrogens (primary N) is 1. The second-order valence-corrected chi connectivity index (χ2v) is 3.45. The molecule has 1 aromatic carbocycles. The first-order valence-electron chi connectivity index (χ1n) is 3.83. The highest BCUT2D eigenvalue weighted by atomic mass is 79.9. The molecule has 0 saturated carbocycles. The third-order valence-electron chi connectivity index (χ3n) is 1.75. The fourth-order valence-corrected chi connectivity index (χ4v) is 1.48. The molecule has 0 bridgehead atoms. The van der Waals surface area contributed by atoms with Crippen LogP contribution in [0.25, 0.3) is 0 Å². The van der Waals surface area contributed by atoms with Crippen LogP contribution in [0.1, 0.15) is 15.9 Å². The van der Waals surface area contributed by atoms with E-state index in [0.29, 0.717) is 5.69 Å². The first-order chi connectivity index (χ1) is 6.15. The molecule has 0 radical (unpaired) electrons. The van der Waals surface area contributed by atoms with Crippen LogP contribution in [0.2, 0.25) is 0 Å². The van der Waals surface area contributed by atoms with Gasteiger partial charge in [-0.25, -0.2) is 4.79 Å². The normalized spacial score (nSPS) is 9.92. The molecule has 0 saturated heterocycles. The Morgan fingerprint density at radius 2 is 2.23 bits per heavy atom. The zero-order valence-electron chi connectivity index (χ0n) is 6.96. The lowest BCUT2D eigenvalue weighted by Gasteiger charge is -2.04. The van der Waals surface area contributed by atoms with Gasteiger partial charge in [0.05, 0.1) is 5.56 Å². The van der Waals surface area contributed by atoms with Crippen molar-refractivity contribution in [1.29, 1.82) is 0 Å². The summed E-state index contributed by atoms with van der Waals surface area (Å²) in [5.74, 6) is -0.921. The Bertz CT molecular complexity index is 325. The average molecular weight is 244 g/mol. The van der Waals surface area contributed by atoms with Crippen LogP contribution >= 0.6 is 15.9 Å². The van der Waals surface area contributed by atoms with Crippen molar-refractivity contribution in [1.82, 2.24) is 0 Å². The summed E-state index contributed by atoms with van der Waals surface area (Å²) in [4.78, 5) is 10.6. The minimum absolute atomic E-state index is 0.283. The Morgan fingerprint density at radius 1 is 1.54 bits per heavy atom. The third kappa shape index (κ3) is 2.45. The number of aromatic carboxylic acids is 1. The van der Waals surface area contributed by atoms with E-state index in [-0.39, 0.29) is 5.56 Å². The van der Waals surface area contributed by atoms with Gasteiger partial charge in [0, 0.05) is 11.0 Å². The molecule has 70 valence electrons. The molecule has 0 fully saturated rings. The van der Waals surface area contributed by atoms with E-state index in [4.69, 9.17) is 10.8 Å². The second-order valence-electron chi connectivity index (χ2n) is 2.66. The molecule has 0 unspecified atom stereocenters. The number of carboxylic acid groups (broad SMARTS) is 1. The SMILES string of the molecule is Nc1ccc(C(=O)O)cc1CCBr. The summed E-state index contributed by atoms with van der Waals surface area (Å²) in [6.45, 7) is 0. The lowest BCUT2D eigenvalue weighted by atomic mass is 10.1. The number of nitrogen functional groups attached to an aromatic ring is 1. The highest BCUT2D eigenvalue weighted by molar-refractivity contribution is 9.09. The number of benzene rings is 1. The standard InChI is InChI=1S/C9H10BrNO2/c10-4-3-6-5-7(9(12)13)1-2-8(6)11/h1-2,5H,3-4,11H2,(H,12,13). The first-order valence-corrected chi connectivity index (χ1v) is 4.95. The lowest BCUT2D eigenvalue weighted by molar-refractivity contribution is 0.0697. The van der Waals surface area contributed by atoms with Crippen molar-refractivity contribution < 1.29 is 9.90 Å². The van der Waals surface area contributed by atoms with Gasteiger partial charge >= 0.3 is 5.97 Å². The van der Waals surface area contributed by atoms with E-state index in [1.165, 1.54) is 6.07 Å². The Labute approximate surface area is 84.7 Å². The van der Waals surface area contributed by atoms with Crippen LogP contribution in [0.3, 0.4) is 0 Å². The van der Waals surface area contributed by atoms with Gasteiger partial charge in [0.2, 0.25) is 0 Å². The van der Waals surface area contributed by atoms with Crippen molar-refractivity contribution in [3.05, 3.63) is 29.3 Å². The average Bonchev–Trinajstić information content (AvgIpc) is 2.08. The molecular weight excluding hydrogens is 234 g/mol. The van der Waals surface area contributed by atoms with Gasteiger partial charge in [-0.15, -0.1) is 0 Å². The van der Waals surface area contributed by atoms with Crippen LogP contribution in [-0.2, 0) is 6.42 Å². The molecule has 3 N–H and O–H groups in total. The maximum atomic E-state index is 10.6. The summed E-state index contributed by atoms with van der Waals surface area (Å²) in [5.41, 5.74) is 7.46. The molecule has 0 amide bonds. The number of rotatable bonds is 3. The maximum absolute atomic E-state index is 10.6. The van der Waals surface area contributed by atoms with E-state index in [1.807, 2.05) is 0 Å². The highest BCUT2D eigenvalue weighted by Gasteiger charge is 2.05. The number of alkyl halides is 1. The molecule has 0 atom stereocenters. The topological polar surface area (TPSA) is 63.3 Å². The molecule has 1 rings (SSSR count). The zero-order valence-corrected chi connectivity index (χ0v) is 8.54. The van der Waals surface area contributed by atoms with Crippen molar-refractivity contribution in [2.45, 2.75) is 6.42 Å². The fraction of sp³-hybridized carbons (Fsp3) is 0.222. The smallest absolute Gasteiger partial charge is 0.335 e.